The highest BCUT2D eigenvalue weighted by Gasteiger charge is 2.17. The van der Waals surface area contributed by atoms with E-state index in [1.165, 1.54) is 18.2 Å². The molecule has 0 atom stereocenters. The van der Waals surface area contributed by atoms with Gasteiger partial charge in [-0.05, 0) is 30.3 Å². The Morgan fingerprint density at radius 1 is 1.00 bits per heavy atom. The molecule has 0 aliphatic rings. The first-order chi connectivity index (χ1) is 8.50. The van der Waals surface area contributed by atoms with Crippen molar-refractivity contribution in [3.63, 3.8) is 0 Å². The average Bonchev–Trinajstić information content (AvgIpc) is 2.35. The molecule has 0 bridgehead atoms. The molecule has 0 spiro atoms. The third-order valence-corrected chi connectivity index (χ3v) is 2.46. The quantitative estimate of drug-likeness (QED) is 0.658. The molecule has 0 aliphatic heterocycles. The summed E-state index contributed by atoms with van der Waals surface area (Å²) in [5, 5.41) is 0. The Labute approximate surface area is 101 Å². The highest BCUT2D eigenvalue weighted by atomic mass is 19.2. The number of nitrogens with two attached hydrogens (primary N) is 1. The van der Waals surface area contributed by atoms with Crippen LogP contribution in [0, 0.1) is 17.5 Å². The third-order valence-electron chi connectivity index (χ3n) is 2.46. The van der Waals surface area contributed by atoms with Gasteiger partial charge in [0.25, 0.3) is 0 Å². The molecule has 2 aromatic carbocycles. The number of halogens is 3. The second kappa shape index (κ2) is 4.52. The highest BCUT2D eigenvalue weighted by molar-refractivity contribution is 6.09. The number of carbonyl (C=O) groups excluding carboxylic acids is 1. The molecule has 0 saturated carbocycles. The van der Waals surface area contributed by atoms with E-state index in [2.05, 4.69) is 0 Å². The van der Waals surface area contributed by atoms with Gasteiger partial charge in [0.2, 0.25) is 0 Å². The summed E-state index contributed by atoms with van der Waals surface area (Å²) in [6.07, 6.45) is 0. The number of anilines is 1. The second-order valence-corrected chi connectivity index (χ2v) is 3.67. The number of carbonyl (C=O) groups is 1. The SMILES string of the molecule is Nc1ccc(C(=O)c2cccc(F)c2F)cc1F. The summed E-state index contributed by atoms with van der Waals surface area (Å²) in [5.41, 5.74) is 4.61. The molecule has 0 aromatic heterocycles. The van der Waals surface area contributed by atoms with Crippen molar-refractivity contribution in [1.82, 2.24) is 0 Å². The molecule has 2 nitrogen and oxygen atoms in total. The number of benzene rings is 2. The van der Waals surface area contributed by atoms with Crippen molar-refractivity contribution in [2.75, 3.05) is 5.73 Å². The molecular weight excluding hydrogens is 243 g/mol. The van der Waals surface area contributed by atoms with Gasteiger partial charge in [0.05, 0.1) is 11.3 Å². The zero-order valence-corrected chi connectivity index (χ0v) is 9.08. The smallest absolute Gasteiger partial charge is 0.196 e. The zero-order valence-electron chi connectivity index (χ0n) is 9.08. The first-order valence-corrected chi connectivity index (χ1v) is 5.04. The maximum atomic E-state index is 13.4. The van der Waals surface area contributed by atoms with Crippen molar-refractivity contribution in [3.05, 3.63) is 65.0 Å². The maximum Gasteiger partial charge on any atom is 0.196 e. The Kier molecular flexibility index (Phi) is 3.06. The van der Waals surface area contributed by atoms with Crippen LogP contribution in [-0.4, -0.2) is 5.78 Å². The minimum absolute atomic E-state index is 0.0915. The Hall–Kier alpha value is -2.30. The van der Waals surface area contributed by atoms with Crippen LogP contribution in [0.3, 0.4) is 0 Å². The van der Waals surface area contributed by atoms with Gasteiger partial charge < -0.3 is 5.73 Å². The topological polar surface area (TPSA) is 43.1 Å². The Morgan fingerprint density at radius 2 is 1.72 bits per heavy atom. The summed E-state index contributed by atoms with van der Waals surface area (Å²) >= 11 is 0. The van der Waals surface area contributed by atoms with E-state index in [1.54, 1.807) is 0 Å². The first kappa shape index (κ1) is 12.2. The molecule has 18 heavy (non-hydrogen) atoms. The Morgan fingerprint density at radius 3 is 2.39 bits per heavy atom. The van der Waals surface area contributed by atoms with E-state index in [1.807, 2.05) is 0 Å². The van der Waals surface area contributed by atoms with E-state index in [-0.39, 0.29) is 11.3 Å². The van der Waals surface area contributed by atoms with Gasteiger partial charge in [-0.1, -0.05) is 6.07 Å². The predicted octanol–water partition coefficient (Wildman–Crippen LogP) is 2.92. The summed E-state index contributed by atoms with van der Waals surface area (Å²) < 4.78 is 39.6. The molecule has 0 heterocycles. The van der Waals surface area contributed by atoms with Crippen LogP contribution >= 0.6 is 0 Å². The van der Waals surface area contributed by atoms with Crippen LogP contribution in [0.2, 0.25) is 0 Å². The van der Waals surface area contributed by atoms with Crippen LogP contribution < -0.4 is 5.73 Å². The fraction of sp³-hybridized carbons (Fsp3) is 0. The summed E-state index contributed by atoms with van der Waals surface area (Å²) in [4.78, 5) is 11.9. The molecule has 0 fully saturated rings. The van der Waals surface area contributed by atoms with E-state index in [4.69, 9.17) is 5.73 Å². The normalized spacial score (nSPS) is 10.4. The van der Waals surface area contributed by atoms with Crippen molar-refractivity contribution in [2.24, 2.45) is 0 Å². The second-order valence-electron chi connectivity index (χ2n) is 3.67. The summed E-state index contributed by atoms with van der Waals surface area (Å²) in [6, 6.07) is 6.58. The lowest BCUT2D eigenvalue weighted by molar-refractivity contribution is 0.103. The molecular formula is C13H8F3NO. The standard InChI is InChI=1S/C13H8F3NO/c14-9-3-1-2-8(12(9)16)13(18)7-4-5-11(17)10(15)6-7/h1-6H,17H2. The van der Waals surface area contributed by atoms with Gasteiger partial charge in [0.1, 0.15) is 5.82 Å². The minimum Gasteiger partial charge on any atom is -0.396 e. The fourth-order valence-corrected chi connectivity index (χ4v) is 1.50. The lowest BCUT2D eigenvalue weighted by Crippen LogP contribution is -2.06. The van der Waals surface area contributed by atoms with Crippen molar-refractivity contribution >= 4 is 11.5 Å². The van der Waals surface area contributed by atoms with Crippen LogP contribution in [0.15, 0.2) is 36.4 Å². The van der Waals surface area contributed by atoms with Crippen molar-refractivity contribution < 1.29 is 18.0 Å². The van der Waals surface area contributed by atoms with Gasteiger partial charge in [0.15, 0.2) is 17.4 Å². The van der Waals surface area contributed by atoms with Gasteiger partial charge in [-0.2, -0.15) is 0 Å². The highest BCUT2D eigenvalue weighted by Crippen LogP contribution is 2.18. The predicted molar refractivity (Wildman–Crippen MR) is 60.6 cm³/mol. The van der Waals surface area contributed by atoms with Crippen LogP contribution in [0.1, 0.15) is 15.9 Å². The number of rotatable bonds is 2. The molecule has 0 saturated heterocycles. The van der Waals surface area contributed by atoms with Gasteiger partial charge in [-0.3, -0.25) is 4.79 Å². The number of hydrogen-bond donors (Lipinski definition) is 1. The zero-order chi connectivity index (χ0) is 13.3. The number of nitrogen functional groups attached to an aromatic ring is 1. The van der Waals surface area contributed by atoms with Crippen molar-refractivity contribution in [2.45, 2.75) is 0 Å². The molecule has 0 radical (unpaired) electrons. The van der Waals surface area contributed by atoms with E-state index in [0.717, 1.165) is 18.2 Å². The molecule has 5 heteroatoms. The molecule has 0 amide bonds. The first-order valence-electron chi connectivity index (χ1n) is 5.04. The molecule has 2 aromatic rings. The molecule has 0 unspecified atom stereocenters. The van der Waals surface area contributed by atoms with Crippen LogP contribution in [0.25, 0.3) is 0 Å². The van der Waals surface area contributed by atoms with E-state index in [9.17, 15) is 18.0 Å². The minimum atomic E-state index is -1.25. The van der Waals surface area contributed by atoms with Crippen LogP contribution in [0.5, 0.6) is 0 Å². The molecule has 2 rings (SSSR count). The Balaban J connectivity index is 2.48. The largest absolute Gasteiger partial charge is 0.396 e. The lowest BCUT2D eigenvalue weighted by atomic mass is 10.0. The third kappa shape index (κ3) is 2.07. The van der Waals surface area contributed by atoms with Crippen LogP contribution in [-0.2, 0) is 0 Å². The van der Waals surface area contributed by atoms with Gasteiger partial charge in [-0.25, -0.2) is 13.2 Å². The van der Waals surface area contributed by atoms with E-state index < -0.39 is 28.8 Å². The molecule has 92 valence electrons. The van der Waals surface area contributed by atoms with Crippen molar-refractivity contribution in [1.29, 1.82) is 0 Å². The van der Waals surface area contributed by atoms with Gasteiger partial charge in [0, 0.05) is 5.56 Å². The summed E-state index contributed by atoms with van der Waals surface area (Å²) in [5.74, 6) is -3.96. The van der Waals surface area contributed by atoms with E-state index >= 15 is 0 Å². The van der Waals surface area contributed by atoms with Crippen molar-refractivity contribution in [3.8, 4) is 0 Å². The molecule has 0 aliphatic carbocycles. The number of ketones is 1. The number of hydrogen-bond acceptors (Lipinski definition) is 2. The van der Waals surface area contributed by atoms with E-state index in [0.29, 0.717) is 0 Å². The summed E-state index contributed by atoms with van der Waals surface area (Å²) in [6.45, 7) is 0. The van der Waals surface area contributed by atoms with Crippen LogP contribution in [0.4, 0.5) is 18.9 Å². The lowest BCUT2D eigenvalue weighted by Gasteiger charge is -2.04. The average molecular weight is 251 g/mol. The van der Waals surface area contributed by atoms with Gasteiger partial charge >= 0.3 is 0 Å². The summed E-state index contributed by atoms with van der Waals surface area (Å²) in [7, 11) is 0. The van der Waals surface area contributed by atoms with Gasteiger partial charge in [-0.15, -0.1) is 0 Å². The fourth-order valence-electron chi connectivity index (χ4n) is 1.50. The molecule has 2 N–H and O–H groups in total. The maximum absolute atomic E-state index is 13.4. The Bertz CT molecular complexity index is 626. The monoisotopic (exact) mass is 251 g/mol.